The quantitative estimate of drug-likeness (QED) is 0.253. The maximum atomic E-state index is 13.5. The number of anilines is 3. The van der Waals surface area contributed by atoms with Gasteiger partial charge in [-0.2, -0.15) is 13.2 Å². The van der Waals surface area contributed by atoms with E-state index in [0.717, 1.165) is 54.3 Å². The Hall–Kier alpha value is -2.17. The molecule has 0 aliphatic heterocycles. The summed E-state index contributed by atoms with van der Waals surface area (Å²) in [7, 11) is 0. The van der Waals surface area contributed by atoms with Crippen LogP contribution in [0.5, 0.6) is 0 Å². The van der Waals surface area contributed by atoms with Gasteiger partial charge in [0.05, 0.1) is 15.3 Å². The molecule has 0 N–H and O–H groups in total. The molecule has 0 saturated heterocycles. The van der Waals surface area contributed by atoms with Gasteiger partial charge in [0.15, 0.2) is 0 Å². The molecule has 0 aliphatic carbocycles. The van der Waals surface area contributed by atoms with Gasteiger partial charge in [-0.3, -0.25) is 0 Å². The van der Waals surface area contributed by atoms with Crippen LogP contribution in [0.4, 0.5) is 30.2 Å². The molecule has 0 amide bonds. The average molecular weight is 522 g/mol. The molecule has 0 bridgehead atoms. The number of hydrogen-bond donors (Lipinski definition) is 0. The first-order valence-electron chi connectivity index (χ1n) is 12.1. The van der Waals surface area contributed by atoms with Gasteiger partial charge >= 0.3 is 6.18 Å². The lowest BCUT2D eigenvalue weighted by Crippen LogP contribution is -2.17. The van der Waals surface area contributed by atoms with E-state index in [-0.39, 0.29) is 0 Å². The maximum absolute atomic E-state index is 13.5. The van der Waals surface area contributed by atoms with Crippen LogP contribution in [0, 0.1) is 0 Å². The Morgan fingerprint density at radius 3 is 1.31 bits per heavy atom. The number of halogens is 5. The highest BCUT2D eigenvalue weighted by atomic mass is 35.5. The molecule has 3 aromatic carbocycles. The number of nitrogens with zero attached hydrogens (tertiary/aromatic N) is 1. The molecule has 0 radical (unpaired) electrons. The van der Waals surface area contributed by atoms with Crippen molar-refractivity contribution in [2.45, 2.75) is 69.3 Å². The Bertz CT molecular complexity index is 1040. The topological polar surface area (TPSA) is 3.24 Å². The van der Waals surface area contributed by atoms with Gasteiger partial charge in [0.25, 0.3) is 0 Å². The maximum Gasteiger partial charge on any atom is 0.416 e. The van der Waals surface area contributed by atoms with Gasteiger partial charge in [0, 0.05) is 17.1 Å². The highest BCUT2D eigenvalue weighted by Crippen LogP contribution is 2.42. The first-order valence-corrected chi connectivity index (χ1v) is 12.8. The molecule has 0 saturated carbocycles. The average Bonchev–Trinajstić information content (AvgIpc) is 2.88. The lowest BCUT2D eigenvalue weighted by Gasteiger charge is -2.29. The van der Waals surface area contributed by atoms with E-state index in [4.69, 9.17) is 23.2 Å². The molecule has 0 fully saturated rings. The molecule has 1 nitrogen and oxygen atoms in total. The molecule has 188 valence electrons. The lowest BCUT2D eigenvalue weighted by atomic mass is 9.92. The summed E-state index contributed by atoms with van der Waals surface area (Å²) >= 11 is 13.6. The summed E-state index contributed by atoms with van der Waals surface area (Å²) in [6, 6.07) is 20.9. The summed E-state index contributed by atoms with van der Waals surface area (Å²) in [5.74, 6) is 0. The molecule has 3 rings (SSSR count). The Labute approximate surface area is 216 Å². The van der Waals surface area contributed by atoms with Crippen LogP contribution in [0.25, 0.3) is 0 Å². The fourth-order valence-corrected chi connectivity index (χ4v) is 4.66. The van der Waals surface area contributed by atoms with E-state index < -0.39 is 21.5 Å². The van der Waals surface area contributed by atoms with Crippen LogP contribution in [0.3, 0.4) is 0 Å². The van der Waals surface area contributed by atoms with Crippen LogP contribution < -0.4 is 4.90 Å². The van der Waals surface area contributed by atoms with Crippen molar-refractivity contribution in [1.29, 1.82) is 0 Å². The summed E-state index contributed by atoms with van der Waals surface area (Å²) in [5, 5.41) is 0. The summed E-state index contributed by atoms with van der Waals surface area (Å²) < 4.78 is 40.5. The highest BCUT2D eigenvalue weighted by Gasteiger charge is 2.31. The molecule has 0 spiro atoms. The van der Waals surface area contributed by atoms with E-state index in [1.54, 1.807) is 6.07 Å². The second kappa shape index (κ2) is 10.8. The molecule has 35 heavy (non-hydrogen) atoms. The molecular formula is C29H32Cl2F3N. The normalized spacial score (nSPS) is 12.6. The van der Waals surface area contributed by atoms with E-state index in [2.05, 4.69) is 0 Å². The van der Waals surface area contributed by atoms with Crippen molar-refractivity contribution in [1.82, 2.24) is 0 Å². The zero-order chi connectivity index (χ0) is 25.9. The summed E-state index contributed by atoms with van der Waals surface area (Å²) in [4.78, 5) is 0.890. The second-order valence-electron chi connectivity index (χ2n) is 8.82. The van der Waals surface area contributed by atoms with Crippen LogP contribution in [-0.2, 0) is 15.9 Å². The smallest absolute Gasteiger partial charge is 0.310 e. The number of benzene rings is 3. The third-order valence-electron chi connectivity index (χ3n) is 6.96. The minimum absolute atomic E-state index is 0.423. The predicted molar refractivity (Wildman–Crippen MR) is 142 cm³/mol. The summed E-state index contributed by atoms with van der Waals surface area (Å²) in [5.41, 5.74) is 3.20. The third kappa shape index (κ3) is 5.81. The van der Waals surface area contributed by atoms with Crippen LogP contribution in [-0.4, -0.2) is 0 Å². The minimum atomic E-state index is -4.43. The van der Waals surface area contributed by atoms with E-state index >= 15 is 0 Å². The molecule has 6 heteroatoms. The molecular weight excluding hydrogens is 490 g/mol. The SMILES string of the molecule is CCC(Cl)(CC)c1ccc(N(c2ccc(C(Cl)(CC)CC)cc2)c2cccc(C(F)(F)F)c2)cc1. The Balaban J connectivity index is 2.12. The number of rotatable bonds is 9. The van der Waals surface area contributed by atoms with Gasteiger partial charge in [0.1, 0.15) is 0 Å². The highest BCUT2D eigenvalue weighted by molar-refractivity contribution is 6.24. The van der Waals surface area contributed by atoms with Gasteiger partial charge < -0.3 is 4.90 Å². The van der Waals surface area contributed by atoms with Crippen LogP contribution >= 0.6 is 23.2 Å². The van der Waals surface area contributed by atoms with E-state index in [0.29, 0.717) is 5.69 Å². The zero-order valence-electron chi connectivity index (χ0n) is 20.6. The molecule has 0 unspecified atom stereocenters. The monoisotopic (exact) mass is 521 g/mol. The predicted octanol–water partition coefficient (Wildman–Crippen LogP) is 10.7. The van der Waals surface area contributed by atoms with Gasteiger partial charge in [0.2, 0.25) is 0 Å². The van der Waals surface area contributed by atoms with Crippen molar-refractivity contribution in [3.05, 3.63) is 89.5 Å². The number of alkyl halides is 5. The van der Waals surface area contributed by atoms with Crippen LogP contribution in [0.2, 0.25) is 0 Å². The molecule has 3 aromatic rings. The van der Waals surface area contributed by atoms with Crippen molar-refractivity contribution in [3.8, 4) is 0 Å². The van der Waals surface area contributed by atoms with Crippen LogP contribution in [0.1, 0.15) is 70.1 Å². The van der Waals surface area contributed by atoms with Gasteiger partial charge in [-0.25, -0.2) is 0 Å². The van der Waals surface area contributed by atoms with E-state index in [1.807, 2.05) is 81.1 Å². The molecule has 0 aliphatic rings. The summed E-state index contributed by atoms with van der Waals surface area (Å²) in [6.07, 6.45) is -1.33. The molecule has 0 atom stereocenters. The third-order valence-corrected chi connectivity index (χ3v) is 8.46. The molecule has 0 heterocycles. The lowest BCUT2D eigenvalue weighted by molar-refractivity contribution is -0.137. The van der Waals surface area contributed by atoms with Crippen molar-refractivity contribution in [2.75, 3.05) is 4.90 Å². The summed E-state index contributed by atoms with van der Waals surface area (Å²) in [6.45, 7) is 8.18. The fraction of sp³-hybridized carbons (Fsp3) is 0.379. The van der Waals surface area contributed by atoms with Gasteiger partial charge in [-0.1, -0.05) is 58.0 Å². The first-order chi connectivity index (χ1) is 16.5. The van der Waals surface area contributed by atoms with Crippen molar-refractivity contribution in [2.24, 2.45) is 0 Å². The Morgan fingerprint density at radius 1 is 0.571 bits per heavy atom. The molecule has 0 aromatic heterocycles. The van der Waals surface area contributed by atoms with E-state index in [9.17, 15) is 13.2 Å². The Morgan fingerprint density at radius 2 is 0.971 bits per heavy atom. The fourth-order valence-electron chi connectivity index (χ4n) is 4.40. The standard InChI is InChI=1S/C29H32Cl2F3N/c1-5-27(30,6-2)21-12-16-24(17-13-21)35(26-11-9-10-23(20-26)29(32,33)34)25-18-14-22(15-19-25)28(31,7-3)8-4/h9-20H,5-8H2,1-4H3. The second-order valence-corrected chi connectivity index (χ2v) is 10.3. The first kappa shape index (κ1) is 27.4. The van der Waals surface area contributed by atoms with E-state index in [1.165, 1.54) is 12.1 Å². The van der Waals surface area contributed by atoms with Crippen molar-refractivity contribution in [3.63, 3.8) is 0 Å². The minimum Gasteiger partial charge on any atom is -0.310 e. The van der Waals surface area contributed by atoms with Crippen molar-refractivity contribution >= 4 is 40.3 Å². The zero-order valence-corrected chi connectivity index (χ0v) is 22.1. The number of hydrogen-bond acceptors (Lipinski definition) is 1. The van der Waals surface area contributed by atoms with Gasteiger partial charge in [-0.05, 0) is 79.3 Å². The Kier molecular flexibility index (Phi) is 8.49. The van der Waals surface area contributed by atoms with Crippen molar-refractivity contribution < 1.29 is 13.2 Å². The van der Waals surface area contributed by atoms with Crippen LogP contribution in [0.15, 0.2) is 72.8 Å². The largest absolute Gasteiger partial charge is 0.416 e. The van der Waals surface area contributed by atoms with Gasteiger partial charge in [-0.15, -0.1) is 23.2 Å².